The monoisotopic (exact) mass is 661 g/mol. The summed E-state index contributed by atoms with van der Waals surface area (Å²) in [6, 6.07) is 10.4. The van der Waals surface area contributed by atoms with Gasteiger partial charge in [-0.25, -0.2) is 0 Å². The minimum atomic E-state index is -2.23. The first-order valence-corrected chi connectivity index (χ1v) is 22.1. The summed E-state index contributed by atoms with van der Waals surface area (Å²) in [4.78, 5) is 14.1. The van der Waals surface area contributed by atoms with Gasteiger partial charge in [0, 0.05) is 6.61 Å². The standard InChI is InChI=1S/C40H72O5Si/c1-9-11-13-14-15-16-17-18-22-28-35(44-38-29-23-24-30-42-38)32-37(45-46(7,8)40(4,5)6)36(31-34-26-20-19-21-27-34)39(41)43-33(3)25-12-10-2/h19-21,26-27,33,35-38H,9-18,22-25,28-32H2,1-8H3/t33?,35-,36?,37+,38+/m1/s1. The van der Waals surface area contributed by atoms with E-state index in [1.165, 1.54) is 51.4 Å². The van der Waals surface area contributed by atoms with Crippen molar-refractivity contribution in [2.75, 3.05) is 6.61 Å². The zero-order valence-electron chi connectivity index (χ0n) is 31.2. The van der Waals surface area contributed by atoms with Crippen LogP contribution in [0.5, 0.6) is 0 Å². The Balaban J connectivity index is 2.30. The van der Waals surface area contributed by atoms with Crippen LogP contribution in [0.2, 0.25) is 18.1 Å². The molecule has 1 heterocycles. The number of carbonyl (C=O) groups excluding carboxylic acids is 1. The minimum Gasteiger partial charge on any atom is -0.462 e. The van der Waals surface area contributed by atoms with E-state index in [1.807, 2.05) is 13.0 Å². The van der Waals surface area contributed by atoms with E-state index in [0.717, 1.165) is 63.5 Å². The molecule has 1 aromatic carbocycles. The minimum absolute atomic E-state index is 0.0147. The van der Waals surface area contributed by atoms with Crippen LogP contribution in [0.1, 0.15) is 156 Å². The molecule has 1 saturated heterocycles. The van der Waals surface area contributed by atoms with E-state index in [9.17, 15) is 4.79 Å². The normalized spacial score (nSPS) is 18.6. The molecule has 0 aromatic heterocycles. The summed E-state index contributed by atoms with van der Waals surface area (Å²) >= 11 is 0. The van der Waals surface area contributed by atoms with Crippen LogP contribution in [0.4, 0.5) is 0 Å². The molecular weight excluding hydrogens is 589 g/mol. The molecule has 0 bridgehead atoms. The molecule has 266 valence electrons. The topological polar surface area (TPSA) is 54.0 Å². The lowest BCUT2D eigenvalue weighted by molar-refractivity contribution is -0.196. The highest BCUT2D eigenvalue weighted by atomic mass is 28.4. The summed E-state index contributed by atoms with van der Waals surface area (Å²) in [5, 5.41) is 0.0147. The fraction of sp³-hybridized carbons (Fsp3) is 0.825. The van der Waals surface area contributed by atoms with Crippen molar-refractivity contribution in [1.82, 2.24) is 0 Å². The van der Waals surface area contributed by atoms with Gasteiger partial charge in [0.05, 0.1) is 24.2 Å². The fourth-order valence-electron chi connectivity index (χ4n) is 6.14. The summed E-state index contributed by atoms with van der Waals surface area (Å²) in [5.41, 5.74) is 1.14. The smallest absolute Gasteiger partial charge is 0.312 e. The SMILES string of the molecule is CCCCCCCCCCC[C@H](C[C@H](O[Si](C)(C)C(C)(C)C)C(Cc1ccccc1)C(=O)OC(C)CCCC)O[C@H]1CCCCO1. The van der Waals surface area contributed by atoms with Gasteiger partial charge in [-0.15, -0.1) is 0 Å². The van der Waals surface area contributed by atoms with Crippen molar-refractivity contribution in [3.63, 3.8) is 0 Å². The number of hydrogen-bond acceptors (Lipinski definition) is 5. The Morgan fingerprint density at radius 3 is 2.11 bits per heavy atom. The number of hydrogen-bond donors (Lipinski definition) is 0. The Morgan fingerprint density at radius 1 is 0.891 bits per heavy atom. The first-order valence-electron chi connectivity index (χ1n) is 19.2. The molecule has 1 aliphatic heterocycles. The largest absolute Gasteiger partial charge is 0.462 e. The molecule has 1 fully saturated rings. The van der Waals surface area contributed by atoms with Crippen molar-refractivity contribution in [2.24, 2.45) is 5.92 Å². The first kappa shape index (κ1) is 41.0. The second-order valence-corrected chi connectivity index (χ2v) is 20.3. The molecule has 1 aliphatic rings. The van der Waals surface area contributed by atoms with Crippen LogP contribution in [0.15, 0.2) is 30.3 Å². The molecule has 0 aliphatic carbocycles. The van der Waals surface area contributed by atoms with E-state index < -0.39 is 14.2 Å². The molecule has 2 unspecified atom stereocenters. The highest BCUT2D eigenvalue weighted by Crippen LogP contribution is 2.40. The van der Waals surface area contributed by atoms with Crippen molar-refractivity contribution in [2.45, 2.75) is 200 Å². The van der Waals surface area contributed by atoms with E-state index in [0.29, 0.717) is 12.8 Å². The molecule has 6 heteroatoms. The quantitative estimate of drug-likeness (QED) is 0.0627. The van der Waals surface area contributed by atoms with E-state index in [1.54, 1.807) is 0 Å². The molecule has 46 heavy (non-hydrogen) atoms. The summed E-state index contributed by atoms with van der Waals surface area (Å²) in [6.07, 6.45) is 19.5. The molecule has 0 radical (unpaired) electrons. The van der Waals surface area contributed by atoms with Gasteiger partial charge in [-0.2, -0.15) is 0 Å². The van der Waals surface area contributed by atoms with Gasteiger partial charge in [0.2, 0.25) is 0 Å². The Hall–Kier alpha value is -1.21. The van der Waals surface area contributed by atoms with Gasteiger partial charge in [0.1, 0.15) is 0 Å². The Morgan fingerprint density at radius 2 is 1.52 bits per heavy atom. The zero-order chi connectivity index (χ0) is 33.8. The second kappa shape index (κ2) is 22.4. The third-order valence-corrected chi connectivity index (χ3v) is 14.7. The molecule has 0 spiro atoms. The van der Waals surface area contributed by atoms with E-state index in [2.05, 4.69) is 72.0 Å². The number of benzene rings is 1. The average Bonchev–Trinajstić information content (AvgIpc) is 3.01. The molecule has 1 aromatic rings. The van der Waals surface area contributed by atoms with Gasteiger partial charge in [-0.3, -0.25) is 4.79 Å². The average molecular weight is 661 g/mol. The molecule has 2 rings (SSSR count). The van der Waals surface area contributed by atoms with Crippen LogP contribution in [-0.2, 0) is 29.9 Å². The number of rotatable bonds is 24. The van der Waals surface area contributed by atoms with E-state index in [4.69, 9.17) is 18.6 Å². The van der Waals surface area contributed by atoms with Gasteiger partial charge < -0.3 is 18.6 Å². The van der Waals surface area contributed by atoms with Crippen LogP contribution in [0.3, 0.4) is 0 Å². The molecule has 5 atom stereocenters. The third kappa shape index (κ3) is 16.3. The summed E-state index contributed by atoms with van der Waals surface area (Å²) in [5.74, 6) is -0.533. The van der Waals surface area contributed by atoms with Crippen molar-refractivity contribution >= 4 is 14.3 Å². The molecular formula is C40H72O5Si. The van der Waals surface area contributed by atoms with Crippen LogP contribution in [-0.4, -0.2) is 45.5 Å². The number of ether oxygens (including phenoxy) is 3. The Kier molecular flexibility index (Phi) is 20.0. The predicted molar refractivity (Wildman–Crippen MR) is 196 cm³/mol. The van der Waals surface area contributed by atoms with Crippen LogP contribution in [0.25, 0.3) is 0 Å². The Bertz CT molecular complexity index is 908. The van der Waals surface area contributed by atoms with Crippen LogP contribution < -0.4 is 0 Å². The van der Waals surface area contributed by atoms with Crippen molar-refractivity contribution in [3.05, 3.63) is 35.9 Å². The molecule has 0 amide bonds. The van der Waals surface area contributed by atoms with Gasteiger partial charge in [-0.05, 0) is 75.6 Å². The van der Waals surface area contributed by atoms with Gasteiger partial charge in [0.25, 0.3) is 0 Å². The summed E-state index contributed by atoms with van der Waals surface area (Å²) in [7, 11) is -2.23. The third-order valence-electron chi connectivity index (χ3n) is 10.2. The van der Waals surface area contributed by atoms with Crippen molar-refractivity contribution < 1.29 is 23.4 Å². The van der Waals surface area contributed by atoms with Gasteiger partial charge >= 0.3 is 5.97 Å². The summed E-state index contributed by atoms with van der Waals surface area (Å²) in [6.45, 7) is 18.7. The number of unbranched alkanes of at least 4 members (excludes halogenated alkanes) is 9. The number of esters is 1. The van der Waals surface area contributed by atoms with E-state index >= 15 is 0 Å². The first-order chi connectivity index (χ1) is 22.0. The van der Waals surface area contributed by atoms with Crippen molar-refractivity contribution in [3.8, 4) is 0 Å². The summed E-state index contributed by atoms with van der Waals surface area (Å²) < 4.78 is 26.3. The highest BCUT2D eigenvalue weighted by Gasteiger charge is 2.43. The maximum absolute atomic E-state index is 14.1. The van der Waals surface area contributed by atoms with Crippen LogP contribution in [0, 0.1) is 5.92 Å². The van der Waals surface area contributed by atoms with Crippen molar-refractivity contribution in [1.29, 1.82) is 0 Å². The maximum Gasteiger partial charge on any atom is 0.312 e. The fourth-order valence-corrected chi connectivity index (χ4v) is 7.51. The van der Waals surface area contributed by atoms with Gasteiger partial charge in [0.15, 0.2) is 14.6 Å². The lowest BCUT2D eigenvalue weighted by Crippen LogP contribution is -2.49. The lowest BCUT2D eigenvalue weighted by atomic mass is 9.89. The second-order valence-electron chi connectivity index (χ2n) is 15.5. The Labute approximate surface area is 285 Å². The predicted octanol–water partition coefficient (Wildman–Crippen LogP) is 11.6. The van der Waals surface area contributed by atoms with Crippen LogP contribution >= 0.6 is 0 Å². The highest BCUT2D eigenvalue weighted by molar-refractivity contribution is 6.74. The molecule has 5 nitrogen and oxygen atoms in total. The van der Waals surface area contributed by atoms with E-state index in [-0.39, 0.29) is 35.6 Å². The molecule has 0 N–H and O–H groups in total. The number of carbonyl (C=O) groups is 1. The lowest BCUT2D eigenvalue weighted by Gasteiger charge is -2.42. The zero-order valence-corrected chi connectivity index (χ0v) is 32.2. The van der Waals surface area contributed by atoms with Gasteiger partial charge in [-0.1, -0.05) is 136 Å². The maximum atomic E-state index is 14.1. The molecule has 0 saturated carbocycles.